The van der Waals surface area contributed by atoms with Crippen molar-refractivity contribution < 1.29 is 14.3 Å². The molecule has 2 aliphatic heterocycles. The highest BCUT2D eigenvalue weighted by atomic mass is 16.6. The lowest BCUT2D eigenvalue weighted by atomic mass is 10.1. The molecular weight excluding hydrogens is 366 g/mol. The zero-order valence-corrected chi connectivity index (χ0v) is 17.0. The molecule has 0 saturated carbocycles. The zero-order valence-electron chi connectivity index (χ0n) is 17.0. The number of likely N-dealkylation sites (N-methyl/N-ethyl adjacent to an activating group) is 1. The summed E-state index contributed by atoms with van der Waals surface area (Å²) >= 11 is 0. The molecule has 0 bridgehead atoms. The summed E-state index contributed by atoms with van der Waals surface area (Å²) in [6, 6.07) is 14.4. The summed E-state index contributed by atoms with van der Waals surface area (Å²) in [6.07, 6.45) is 1.14. The molecule has 0 unspecified atom stereocenters. The number of fused-ring (bicyclic) bond motifs is 1. The SMILES string of the molecule is CN1CCN(c2ccc(CNC(=O)CCc3ccc4c(c3)OCCO4)cc2)CC1. The number of carbonyl (C=O) groups excluding carboxylic acids is 1. The Labute approximate surface area is 172 Å². The van der Waals surface area contributed by atoms with Crippen LogP contribution in [0.4, 0.5) is 5.69 Å². The van der Waals surface area contributed by atoms with Crippen LogP contribution in [0.15, 0.2) is 42.5 Å². The Morgan fingerprint density at radius 1 is 0.931 bits per heavy atom. The maximum absolute atomic E-state index is 12.2. The molecule has 2 aromatic carbocycles. The molecule has 6 heteroatoms. The van der Waals surface area contributed by atoms with Crippen molar-refractivity contribution in [2.45, 2.75) is 19.4 Å². The summed E-state index contributed by atoms with van der Waals surface area (Å²) in [5.74, 6) is 1.61. The van der Waals surface area contributed by atoms with Crippen LogP contribution < -0.4 is 19.7 Å². The van der Waals surface area contributed by atoms with Crippen LogP contribution in [0.3, 0.4) is 0 Å². The molecule has 0 aliphatic carbocycles. The number of benzene rings is 2. The monoisotopic (exact) mass is 395 g/mol. The van der Waals surface area contributed by atoms with Gasteiger partial charge in [-0.1, -0.05) is 18.2 Å². The first kappa shape index (κ1) is 19.6. The van der Waals surface area contributed by atoms with E-state index in [-0.39, 0.29) is 5.91 Å². The Balaban J connectivity index is 1.22. The van der Waals surface area contributed by atoms with Crippen LogP contribution >= 0.6 is 0 Å². The molecular formula is C23H29N3O3. The van der Waals surface area contributed by atoms with Crippen molar-refractivity contribution in [1.82, 2.24) is 10.2 Å². The standard InChI is InChI=1S/C23H29N3O3/c1-25-10-12-26(13-11-25)20-6-2-19(3-7-20)17-24-23(27)9-5-18-4-8-21-22(16-18)29-15-14-28-21/h2-4,6-8,16H,5,9-15,17H2,1H3,(H,24,27). The molecule has 6 nitrogen and oxygen atoms in total. The second-order valence-corrected chi connectivity index (χ2v) is 7.71. The van der Waals surface area contributed by atoms with Gasteiger partial charge < -0.3 is 24.6 Å². The minimum Gasteiger partial charge on any atom is -0.486 e. The number of nitrogens with zero attached hydrogens (tertiary/aromatic N) is 2. The van der Waals surface area contributed by atoms with Gasteiger partial charge in [0.2, 0.25) is 5.91 Å². The quantitative estimate of drug-likeness (QED) is 0.814. The highest BCUT2D eigenvalue weighted by Crippen LogP contribution is 2.31. The molecule has 4 rings (SSSR count). The average Bonchev–Trinajstić information content (AvgIpc) is 2.77. The molecule has 1 N–H and O–H groups in total. The van der Waals surface area contributed by atoms with Gasteiger partial charge in [-0.15, -0.1) is 0 Å². The van der Waals surface area contributed by atoms with E-state index in [0.717, 1.165) is 48.8 Å². The molecule has 0 aromatic heterocycles. The first-order valence-corrected chi connectivity index (χ1v) is 10.3. The third-order valence-electron chi connectivity index (χ3n) is 5.54. The van der Waals surface area contributed by atoms with Crippen LogP contribution in [0.25, 0.3) is 0 Å². The van der Waals surface area contributed by atoms with Crippen molar-refractivity contribution in [2.24, 2.45) is 0 Å². The molecule has 0 atom stereocenters. The van der Waals surface area contributed by atoms with Crippen LogP contribution in [0.2, 0.25) is 0 Å². The van der Waals surface area contributed by atoms with E-state index >= 15 is 0 Å². The minimum absolute atomic E-state index is 0.0584. The van der Waals surface area contributed by atoms with E-state index in [1.165, 1.54) is 5.69 Å². The van der Waals surface area contributed by atoms with E-state index in [1.54, 1.807) is 0 Å². The molecule has 1 fully saturated rings. The van der Waals surface area contributed by atoms with E-state index in [2.05, 4.69) is 46.4 Å². The number of carbonyl (C=O) groups is 1. The second kappa shape index (κ2) is 9.18. The molecule has 1 amide bonds. The third kappa shape index (κ3) is 5.21. The number of hydrogen-bond donors (Lipinski definition) is 1. The fraction of sp³-hybridized carbons (Fsp3) is 0.435. The Morgan fingerprint density at radius 3 is 2.38 bits per heavy atom. The number of ether oxygens (including phenoxy) is 2. The van der Waals surface area contributed by atoms with Crippen molar-refractivity contribution >= 4 is 11.6 Å². The third-order valence-corrected chi connectivity index (χ3v) is 5.54. The number of nitrogens with one attached hydrogen (secondary N) is 1. The van der Waals surface area contributed by atoms with Crippen LogP contribution in [0, 0.1) is 0 Å². The van der Waals surface area contributed by atoms with Gasteiger partial charge in [0.05, 0.1) is 0 Å². The van der Waals surface area contributed by atoms with Crippen molar-refractivity contribution in [1.29, 1.82) is 0 Å². The Hall–Kier alpha value is -2.73. The van der Waals surface area contributed by atoms with E-state index in [4.69, 9.17) is 9.47 Å². The van der Waals surface area contributed by atoms with Gasteiger partial charge in [-0.3, -0.25) is 4.79 Å². The van der Waals surface area contributed by atoms with Gasteiger partial charge in [-0.05, 0) is 48.9 Å². The largest absolute Gasteiger partial charge is 0.486 e. The maximum Gasteiger partial charge on any atom is 0.220 e. The summed E-state index contributed by atoms with van der Waals surface area (Å²) in [5, 5.41) is 3.02. The number of anilines is 1. The number of amides is 1. The van der Waals surface area contributed by atoms with Gasteiger partial charge in [0, 0.05) is 44.8 Å². The van der Waals surface area contributed by atoms with Crippen molar-refractivity contribution in [3.8, 4) is 11.5 Å². The lowest BCUT2D eigenvalue weighted by Gasteiger charge is -2.34. The molecule has 2 heterocycles. The minimum atomic E-state index is 0.0584. The van der Waals surface area contributed by atoms with Gasteiger partial charge in [-0.2, -0.15) is 0 Å². The lowest BCUT2D eigenvalue weighted by molar-refractivity contribution is -0.121. The summed E-state index contributed by atoms with van der Waals surface area (Å²) in [5.41, 5.74) is 3.46. The van der Waals surface area contributed by atoms with E-state index in [9.17, 15) is 4.79 Å². The molecule has 2 aliphatic rings. The first-order valence-electron chi connectivity index (χ1n) is 10.3. The van der Waals surface area contributed by atoms with Crippen LogP contribution in [0.5, 0.6) is 11.5 Å². The predicted octanol–water partition coefficient (Wildman–Crippen LogP) is 2.46. The number of piperazine rings is 1. The van der Waals surface area contributed by atoms with Gasteiger partial charge in [-0.25, -0.2) is 0 Å². The van der Waals surface area contributed by atoms with Crippen LogP contribution in [-0.2, 0) is 17.8 Å². The van der Waals surface area contributed by atoms with Crippen LogP contribution in [-0.4, -0.2) is 57.2 Å². The van der Waals surface area contributed by atoms with Gasteiger partial charge in [0.15, 0.2) is 11.5 Å². The lowest BCUT2D eigenvalue weighted by Crippen LogP contribution is -2.44. The molecule has 0 radical (unpaired) electrons. The van der Waals surface area contributed by atoms with Crippen molar-refractivity contribution in [3.63, 3.8) is 0 Å². The highest BCUT2D eigenvalue weighted by molar-refractivity contribution is 5.76. The molecule has 1 saturated heterocycles. The maximum atomic E-state index is 12.2. The summed E-state index contributed by atoms with van der Waals surface area (Å²) in [4.78, 5) is 17.0. The van der Waals surface area contributed by atoms with E-state index in [0.29, 0.717) is 32.6 Å². The summed E-state index contributed by atoms with van der Waals surface area (Å²) in [7, 11) is 2.16. The fourth-order valence-electron chi connectivity index (χ4n) is 3.68. The Morgan fingerprint density at radius 2 is 1.62 bits per heavy atom. The Kier molecular flexibility index (Phi) is 6.20. The smallest absolute Gasteiger partial charge is 0.220 e. The van der Waals surface area contributed by atoms with Crippen molar-refractivity contribution in [3.05, 3.63) is 53.6 Å². The zero-order chi connectivity index (χ0) is 20.1. The average molecular weight is 396 g/mol. The van der Waals surface area contributed by atoms with Crippen LogP contribution in [0.1, 0.15) is 17.5 Å². The number of hydrogen-bond acceptors (Lipinski definition) is 5. The summed E-state index contributed by atoms with van der Waals surface area (Å²) < 4.78 is 11.1. The van der Waals surface area contributed by atoms with Gasteiger partial charge in [0.1, 0.15) is 13.2 Å². The summed E-state index contributed by atoms with van der Waals surface area (Å²) in [6.45, 7) is 6.04. The molecule has 154 valence electrons. The van der Waals surface area contributed by atoms with Crippen molar-refractivity contribution in [2.75, 3.05) is 51.3 Å². The molecule has 2 aromatic rings. The first-order chi connectivity index (χ1) is 14.2. The fourth-order valence-corrected chi connectivity index (χ4v) is 3.68. The van der Waals surface area contributed by atoms with Gasteiger partial charge >= 0.3 is 0 Å². The highest BCUT2D eigenvalue weighted by Gasteiger charge is 2.14. The van der Waals surface area contributed by atoms with E-state index < -0.39 is 0 Å². The predicted molar refractivity (Wildman–Crippen MR) is 114 cm³/mol. The number of aryl methyl sites for hydroxylation is 1. The molecule has 29 heavy (non-hydrogen) atoms. The topological polar surface area (TPSA) is 54.0 Å². The second-order valence-electron chi connectivity index (χ2n) is 7.71. The van der Waals surface area contributed by atoms with Gasteiger partial charge in [0.25, 0.3) is 0 Å². The normalized spacial score (nSPS) is 16.5. The Bertz CT molecular complexity index is 830. The number of rotatable bonds is 6. The molecule has 0 spiro atoms. The van der Waals surface area contributed by atoms with E-state index in [1.807, 2.05) is 18.2 Å².